The second kappa shape index (κ2) is 4.86. The number of halogens is 1. The zero-order valence-electron chi connectivity index (χ0n) is 10.4. The Hall–Kier alpha value is -1.13. The van der Waals surface area contributed by atoms with Crippen LogP contribution < -0.4 is 5.32 Å². The maximum atomic E-state index is 4.59. The van der Waals surface area contributed by atoms with Gasteiger partial charge in [-0.15, -0.1) is 0 Å². The normalized spacial score (nSPS) is 15.0. The minimum atomic E-state index is 0.723. The van der Waals surface area contributed by atoms with Crippen LogP contribution in [0.2, 0.25) is 0 Å². The van der Waals surface area contributed by atoms with Gasteiger partial charge in [0.25, 0.3) is 0 Å². The zero-order chi connectivity index (χ0) is 12.5. The van der Waals surface area contributed by atoms with Crippen molar-refractivity contribution in [1.29, 1.82) is 0 Å². The number of benzene rings is 1. The summed E-state index contributed by atoms with van der Waals surface area (Å²) in [5, 5.41) is 8.07. The van der Waals surface area contributed by atoms with E-state index in [1.165, 1.54) is 18.4 Å². The summed E-state index contributed by atoms with van der Waals surface area (Å²) in [6.45, 7) is 2.95. The fourth-order valence-corrected chi connectivity index (χ4v) is 2.60. The molecule has 0 amide bonds. The minimum Gasteiger partial charge on any atom is -0.308 e. The van der Waals surface area contributed by atoms with E-state index in [9.17, 15) is 0 Å². The number of nitrogens with one attached hydrogen (secondary N) is 1. The topological polar surface area (TPSA) is 29.9 Å². The Morgan fingerprint density at radius 2 is 2.22 bits per heavy atom. The van der Waals surface area contributed by atoms with Gasteiger partial charge in [0, 0.05) is 23.3 Å². The van der Waals surface area contributed by atoms with Crippen LogP contribution in [0.15, 0.2) is 34.9 Å². The van der Waals surface area contributed by atoms with E-state index in [1.807, 2.05) is 10.9 Å². The molecule has 1 N–H and O–H groups in total. The molecular weight excluding hydrogens is 290 g/mol. The molecule has 3 nitrogen and oxygen atoms in total. The van der Waals surface area contributed by atoms with Crippen molar-refractivity contribution in [2.75, 3.05) is 0 Å². The highest BCUT2D eigenvalue weighted by atomic mass is 79.9. The number of rotatable bonds is 4. The van der Waals surface area contributed by atoms with Gasteiger partial charge in [-0.2, -0.15) is 5.10 Å². The second-order valence-corrected chi connectivity index (χ2v) is 5.72. The van der Waals surface area contributed by atoms with Crippen molar-refractivity contribution in [3.05, 3.63) is 46.2 Å². The summed E-state index contributed by atoms with van der Waals surface area (Å²) in [4.78, 5) is 0. The molecule has 1 aromatic carbocycles. The van der Waals surface area contributed by atoms with Crippen LogP contribution in [-0.4, -0.2) is 15.8 Å². The molecule has 3 rings (SSSR count). The summed E-state index contributed by atoms with van der Waals surface area (Å²) >= 11 is 3.59. The van der Waals surface area contributed by atoms with Crippen molar-refractivity contribution in [2.24, 2.45) is 0 Å². The summed E-state index contributed by atoms with van der Waals surface area (Å²) in [5.41, 5.74) is 3.42. The molecule has 0 radical (unpaired) electrons. The van der Waals surface area contributed by atoms with Gasteiger partial charge < -0.3 is 5.32 Å². The van der Waals surface area contributed by atoms with E-state index < -0.39 is 0 Å². The van der Waals surface area contributed by atoms with Crippen molar-refractivity contribution in [1.82, 2.24) is 15.1 Å². The molecule has 2 aromatic rings. The van der Waals surface area contributed by atoms with Crippen molar-refractivity contribution < 1.29 is 0 Å². The van der Waals surface area contributed by atoms with Gasteiger partial charge in [0.05, 0.1) is 11.4 Å². The SMILES string of the molecule is Cc1ccc(-n2ccc(CNC3CC3)n2)c(Br)c1. The molecule has 0 spiro atoms. The first-order chi connectivity index (χ1) is 8.72. The van der Waals surface area contributed by atoms with E-state index in [-0.39, 0.29) is 0 Å². The van der Waals surface area contributed by atoms with E-state index in [0.29, 0.717) is 0 Å². The second-order valence-electron chi connectivity index (χ2n) is 4.86. The van der Waals surface area contributed by atoms with Crippen molar-refractivity contribution in [3.8, 4) is 5.69 Å². The Kier molecular flexibility index (Phi) is 3.22. The van der Waals surface area contributed by atoms with Gasteiger partial charge in [-0.25, -0.2) is 4.68 Å². The third-order valence-corrected chi connectivity index (χ3v) is 3.78. The number of aryl methyl sites for hydroxylation is 1. The predicted molar refractivity (Wildman–Crippen MR) is 75.9 cm³/mol. The fourth-order valence-electron chi connectivity index (χ4n) is 1.92. The lowest BCUT2D eigenvalue weighted by molar-refractivity contribution is 0.664. The molecule has 4 heteroatoms. The Morgan fingerprint density at radius 1 is 1.39 bits per heavy atom. The molecule has 94 valence electrons. The van der Waals surface area contributed by atoms with Gasteiger partial charge in [-0.05, 0) is 59.5 Å². The van der Waals surface area contributed by atoms with Gasteiger partial charge in [0.1, 0.15) is 0 Å². The van der Waals surface area contributed by atoms with E-state index in [2.05, 4.69) is 57.5 Å². The molecule has 0 saturated heterocycles. The third kappa shape index (κ3) is 2.65. The minimum absolute atomic E-state index is 0.723. The van der Waals surface area contributed by atoms with E-state index in [1.54, 1.807) is 0 Å². The lowest BCUT2D eigenvalue weighted by Gasteiger charge is -2.05. The molecule has 1 saturated carbocycles. The number of nitrogens with zero attached hydrogens (tertiary/aromatic N) is 2. The monoisotopic (exact) mass is 305 g/mol. The van der Waals surface area contributed by atoms with Crippen LogP contribution >= 0.6 is 15.9 Å². The van der Waals surface area contributed by atoms with Gasteiger partial charge in [-0.1, -0.05) is 6.07 Å². The maximum absolute atomic E-state index is 4.59. The predicted octanol–water partition coefficient (Wildman–Crippen LogP) is 3.20. The Morgan fingerprint density at radius 3 is 2.94 bits per heavy atom. The van der Waals surface area contributed by atoms with Gasteiger partial charge >= 0.3 is 0 Å². The average Bonchev–Trinajstić information content (AvgIpc) is 3.05. The van der Waals surface area contributed by atoms with Crippen LogP contribution in [0.5, 0.6) is 0 Å². The number of aromatic nitrogens is 2. The molecule has 0 bridgehead atoms. The molecule has 18 heavy (non-hydrogen) atoms. The lowest BCUT2D eigenvalue weighted by atomic mass is 10.2. The highest BCUT2D eigenvalue weighted by Crippen LogP contribution is 2.22. The summed E-state index contributed by atoms with van der Waals surface area (Å²) in [6, 6.07) is 9.09. The van der Waals surface area contributed by atoms with Crippen LogP contribution in [0.4, 0.5) is 0 Å². The van der Waals surface area contributed by atoms with Gasteiger partial charge in [-0.3, -0.25) is 0 Å². The summed E-state index contributed by atoms with van der Waals surface area (Å²) in [5.74, 6) is 0. The summed E-state index contributed by atoms with van der Waals surface area (Å²) in [6.07, 6.45) is 4.63. The summed E-state index contributed by atoms with van der Waals surface area (Å²) in [7, 11) is 0. The van der Waals surface area contributed by atoms with Crippen LogP contribution in [-0.2, 0) is 6.54 Å². The van der Waals surface area contributed by atoms with E-state index in [4.69, 9.17) is 0 Å². The van der Waals surface area contributed by atoms with Crippen LogP contribution in [0.25, 0.3) is 5.69 Å². The van der Waals surface area contributed by atoms with Crippen molar-refractivity contribution in [3.63, 3.8) is 0 Å². The maximum Gasteiger partial charge on any atom is 0.0787 e. The smallest absolute Gasteiger partial charge is 0.0787 e. The Bertz CT molecular complexity index is 558. The highest BCUT2D eigenvalue weighted by molar-refractivity contribution is 9.10. The van der Waals surface area contributed by atoms with E-state index in [0.717, 1.165) is 28.4 Å². The highest BCUT2D eigenvalue weighted by Gasteiger charge is 2.20. The van der Waals surface area contributed by atoms with E-state index >= 15 is 0 Å². The lowest BCUT2D eigenvalue weighted by Crippen LogP contribution is -2.15. The van der Waals surface area contributed by atoms with Crippen molar-refractivity contribution >= 4 is 15.9 Å². The molecule has 0 atom stereocenters. The molecule has 1 aromatic heterocycles. The van der Waals surface area contributed by atoms with Crippen LogP contribution in [0.1, 0.15) is 24.1 Å². The van der Waals surface area contributed by atoms with Gasteiger partial charge in [0.2, 0.25) is 0 Å². The van der Waals surface area contributed by atoms with Gasteiger partial charge in [0.15, 0.2) is 0 Å². The Labute approximate surface area is 115 Å². The molecule has 0 unspecified atom stereocenters. The largest absolute Gasteiger partial charge is 0.308 e. The van der Waals surface area contributed by atoms with Crippen molar-refractivity contribution in [2.45, 2.75) is 32.4 Å². The average molecular weight is 306 g/mol. The molecule has 1 aliphatic carbocycles. The molecule has 1 heterocycles. The van der Waals surface area contributed by atoms with Crippen LogP contribution in [0, 0.1) is 6.92 Å². The summed E-state index contributed by atoms with van der Waals surface area (Å²) < 4.78 is 3.00. The molecular formula is C14H16BrN3. The first-order valence-corrected chi connectivity index (χ1v) is 7.06. The number of hydrogen-bond donors (Lipinski definition) is 1. The first-order valence-electron chi connectivity index (χ1n) is 6.27. The van der Waals surface area contributed by atoms with Crippen LogP contribution in [0.3, 0.4) is 0 Å². The first kappa shape index (κ1) is 11.9. The number of hydrogen-bond acceptors (Lipinski definition) is 2. The Balaban J connectivity index is 1.78. The molecule has 1 fully saturated rings. The quantitative estimate of drug-likeness (QED) is 0.940. The third-order valence-electron chi connectivity index (χ3n) is 3.14. The fraction of sp³-hybridized carbons (Fsp3) is 0.357. The molecule has 0 aliphatic heterocycles. The molecule has 1 aliphatic rings. The standard InChI is InChI=1S/C14H16BrN3/c1-10-2-5-14(13(15)8-10)18-7-6-12(17-18)9-16-11-3-4-11/h2,5-8,11,16H,3-4,9H2,1H3. The zero-order valence-corrected chi connectivity index (χ0v) is 11.9.